The molecule has 3 N–H and O–H groups in total. The summed E-state index contributed by atoms with van der Waals surface area (Å²) in [4.78, 5) is 0. The summed E-state index contributed by atoms with van der Waals surface area (Å²) in [7, 11) is -3.41. The molecule has 0 aromatic carbocycles. The minimum absolute atomic E-state index is 0.0228. The highest BCUT2D eigenvalue weighted by atomic mass is 32.2. The van der Waals surface area contributed by atoms with Crippen molar-refractivity contribution in [2.45, 2.75) is 50.7 Å². The summed E-state index contributed by atoms with van der Waals surface area (Å²) in [5.41, 5.74) is 6.03. The van der Waals surface area contributed by atoms with Crippen molar-refractivity contribution in [3.8, 4) is 0 Å². The number of rotatable bonds is 8. The van der Waals surface area contributed by atoms with Gasteiger partial charge in [-0.05, 0) is 17.9 Å². The van der Waals surface area contributed by atoms with E-state index in [1.54, 1.807) is 5.38 Å². The summed E-state index contributed by atoms with van der Waals surface area (Å²) in [5, 5.41) is 1.64. The predicted molar refractivity (Wildman–Crippen MR) is 81.8 cm³/mol. The maximum Gasteiger partial charge on any atom is 0.250 e. The summed E-state index contributed by atoms with van der Waals surface area (Å²) >= 11 is 1.15. The molecule has 0 amide bonds. The minimum Gasteiger partial charge on any atom is -0.398 e. The first kappa shape index (κ1) is 16.5. The van der Waals surface area contributed by atoms with Crippen molar-refractivity contribution in [2.75, 3.05) is 12.3 Å². The Morgan fingerprint density at radius 1 is 1.37 bits per heavy atom. The summed E-state index contributed by atoms with van der Waals surface area (Å²) in [6, 6.07) is 1.50. The quantitative estimate of drug-likeness (QED) is 0.724. The van der Waals surface area contributed by atoms with Gasteiger partial charge in [-0.25, -0.2) is 13.1 Å². The van der Waals surface area contributed by atoms with Crippen molar-refractivity contribution in [1.82, 2.24) is 4.72 Å². The maximum absolute atomic E-state index is 12.1. The monoisotopic (exact) mass is 304 g/mol. The second-order valence-corrected chi connectivity index (χ2v) is 8.55. The van der Waals surface area contributed by atoms with Crippen LogP contribution in [0.2, 0.25) is 0 Å². The Balaban J connectivity index is 2.55. The van der Waals surface area contributed by atoms with E-state index in [0.29, 0.717) is 12.2 Å². The third-order valence-corrected chi connectivity index (χ3v) is 5.92. The Hall–Kier alpha value is -0.590. The maximum atomic E-state index is 12.1. The SMILES string of the molecule is CCCCCC(C)(C)CNS(=O)(=O)c1cc(N)cs1. The van der Waals surface area contributed by atoms with Gasteiger partial charge in [0.1, 0.15) is 4.21 Å². The van der Waals surface area contributed by atoms with E-state index >= 15 is 0 Å². The second kappa shape index (κ2) is 6.72. The van der Waals surface area contributed by atoms with Crippen LogP contribution in [0.1, 0.15) is 46.5 Å². The summed E-state index contributed by atoms with van der Waals surface area (Å²) < 4.78 is 27.1. The van der Waals surface area contributed by atoms with Gasteiger partial charge >= 0.3 is 0 Å². The lowest BCUT2D eigenvalue weighted by Gasteiger charge is -2.24. The van der Waals surface area contributed by atoms with E-state index in [4.69, 9.17) is 5.73 Å². The predicted octanol–water partition coefficient (Wildman–Crippen LogP) is 3.22. The molecule has 0 aliphatic heterocycles. The number of nitrogen functional groups attached to an aromatic ring is 1. The lowest BCUT2D eigenvalue weighted by Crippen LogP contribution is -2.33. The Labute approximate surface area is 120 Å². The average molecular weight is 304 g/mol. The zero-order valence-corrected chi connectivity index (χ0v) is 13.5. The number of unbranched alkanes of at least 4 members (excludes halogenated alkanes) is 2. The van der Waals surface area contributed by atoms with E-state index in [-0.39, 0.29) is 9.62 Å². The number of nitrogens with two attached hydrogens (primary N) is 1. The number of hydrogen-bond donors (Lipinski definition) is 2. The van der Waals surface area contributed by atoms with Crippen LogP contribution < -0.4 is 10.5 Å². The third-order valence-electron chi connectivity index (χ3n) is 3.06. The largest absolute Gasteiger partial charge is 0.398 e. The lowest BCUT2D eigenvalue weighted by atomic mass is 9.87. The third kappa shape index (κ3) is 5.50. The normalized spacial score (nSPS) is 12.8. The van der Waals surface area contributed by atoms with Crippen LogP contribution in [0, 0.1) is 5.41 Å². The Morgan fingerprint density at radius 2 is 2.05 bits per heavy atom. The van der Waals surface area contributed by atoms with Crippen LogP contribution in [0.15, 0.2) is 15.7 Å². The molecule has 0 bridgehead atoms. The number of sulfonamides is 1. The van der Waals surface area contributed by atoms with Gasteiger partial charge in [-0.1, -0.05) is 40.0 Å². The Bertz CT molecular complexity index is 492. The molecule has 0 aliphatic carbocycles. The zero-order chi connectivity index (χ0) is 14.5. The molecule has 6 heteroatoms. The van der Waals surface area contributed by atoms with Crippen molar-refractivity contribution in [3.63, 3.8) is 0 Å². The van der Waals surface area contributed by atoms with Gasteiger partial charge in [0.25, 0.3) is 0 Å². The molecule has 1 aromatic rings. The first-order valence-corrected chi connectivity index (χ1v) is 8.97. The van der Waals surface area contributed by atoms with Crippen molar-refractivity contribution in [2.24, 2.45) is 5.41 Å². The van der Waals surface area contributed by atoms with Gasteiger partial charge in [0, 0.05) is 17.6 Å². The van der Waals surface area contributed by atoms with Crippen molar-refractivity contribution >= 4 is 27.0 Å². The van der Waals surface area contributed by atoms with Gasteiger partial charge in [-0.15, -0.1) is 11.3 Å². The first-order valence-electron chi connectivity index (χ1n) is 6.60. The van der Waals surface area contributed by atoms with Gasteiger partial charge in [0.15, 0.2) is 0 Å². The van der Waals surface area contributed by atoms with Gasteiger partial charge in [0.2, 0.25) is 10.0 Å². The highest BCUT2D eigenvalue weighted by Gasteiger charge is 2.22. The standard InChI is InChI=1S/C13H24N2O2S2/c1-4-5-6-7-13(2,3)10-15-19(16,17)12-8-11(14)9-18-12/h8-9,15H,4-7,10,14H2,1-3H3. The van der Waals surface area contributed by atoms with Gasteiger partial charge < -0.3 is 5.73 Å². The smallest absolute Gasteiger partial charge is 0.250 e. The van der Waals surface area contributed by atoms with Crippen LogP contribution in [-0.4, -0.2) is 15.0 Å². The summed E-state index contributed by atoms with van der Waals surface area (Å²) in [6.45, 7) is 6.80. The van der Waals surface area contributed by atoms with E-state index in [2.05, 4.69) is 25.5 Å². The van der Waals surface area contributed by atoms with Crippen LogP contribution >= 0.6 is 11.3 Å². The molecule has 0 fully saturated rings. The van der Waals surface area contributed by atoms with E-state index in [0.717, 1.165) is 24.2 Å². The van der Waals surface area contributed by atoms with Crippen molar-refractivity contribution < 1.29 is 8.42 Å². The molecule has 1 rings (SSSR count). The molecule has 0 aliphatic rings. The topological polar surface area (TPSA) is 72.2 Å². The van der Waals surface area contributed by atoms with Gasteiger partial charge in [0.05, 0.1) is 0 Å². The Kier molecular flexibility index (Phi) is 5.82. The molecule has 0 radical (unpaired) electrons. The fourth-order valence-corrected chi connectivity index (χ4v) is 4.14. The number of hydrogen-bond acceptors (Lipinski definition) is 4. The molecule has 4 nitrogen and oxygen atoms in total. The minimum atomic E-state index is -3.41. The molecular weight excluding hydrogens is 280 g/mol. The molecular formula is C13H24N2O2S2. The first-order chi connectivity index (χ1) is 8.77. The molecule has 0 saturated heterocycles. The number of anilines is 1. The van der Waals surface area contributed by atoms with Crippen LogP contribution in [0.5, 0.6) is 0 Å². The summed E-state index contributed by atoms with van der Waals surface area (Å²) in [6.07, 6.45) is 4.53. The second-order valence-electron chi connectivity index (χ2n) is 5.64. The van der Waals surface area contributed by atoms with Crippen LogP contribution in [0.3, 0.4) is 0 Å². The van der Waals surface area contributed by atoms with Crippen LogP contribution in [0.4, 0.5) is 5.69 Å². The van der Waals surface area contributed by atoms with Crippen LogP contribution in [0.25, 0.3) is 0 Å². The molecule has 1 aromatic heterocycles. The average Bonchev–Trinajstić information content (AvgIpc) is 2.75. The molecule has 19 heavy (non-hydrogen) atoms. The van der Waals surface area contributed by atoms with Gasteiger partial charge in [-0.2, -0.15) is 0 Å². The van der Waals surface area contributed by atoms with Gasteiger partial charge in [-0.3, -0.25) is 0 Å². The fraction of sp³-hybridized carbons (Fsp3) is 0.692. The van der Waals surface area contributed by atoms with E-state index in [1.807, 2.05) is 0 Å². The highest BCUT2D eigenvalue weighted by molar-refractivity contribution is 7.91. The molecule has 0 saturated carbocycles. The van der Waals surface area contributed by atoms with E-state index in [1.165, 1.54) is 18.9 Å². The Morgan fingerprint density at radius 3 is 2.58 bits per heavy atom. The van der Waals surface area contributed by atoms with E-state index < -0.39 is 10.0 Å². The molecule has 0 spiro atoms. The van der Waals surface area contributed by atoms with E-state index in [9.17, 15) is 8.42 Å². The fourth-order valence-electron chi connectivity index (χ4n) is 1.77. The molecule has 0 unspecified atom stereocenters. The molecule has 0 atom stereocenters. The number of thiophene rings is 1. The zero-order valence-electron chi connectivity index (χ0n) is 11.9. The van der Waals surface area contributed by atoms with Crippen molar-refractivity contribution in [1.29, 1.82) is 0 Å². The summed E-state index contributed by atoms with van der Waals surface area (Å²) in [5.74, 6) is 0. The molecule has 1 heterocycles. The van der Waals surface area contributed by atoms with Crippen molar-refractivity contribution in [3.05, 3.63) is 11.4 Å². The highest BCUT2D eigenvalue weighted by Crippen LogP contribution is 2.25. The van der Waals surface area contributed by atoms with Crippen LogP contribution in [-0.2, 0) is 10.0 Å². The number of nitrogens with one attached hydrogen (secondary N) is 1. The lowest BCUT2D eigenvalue weighted by molar-refractivity contribution is 0.320. The molecule has 110 valence electrons.